The number of rotatable bonds is 4. The number of nitrogens with one attached hydrogen (secondary N) is 1. The van der Waals surface area contributed by atoms with Gasteiger partial charge in [0.1, 0.15) is 6.04 Å². The van der Waals surface area contributed by atoms with Gasteiger partial charge < -0.3 is 10.4 Å². The fourth-order valence-corrected chi connectivity index (χ4v) is 1.38. The van der Waals surface area contributed by atoms with E-state index in [0.717, 1.165) is 5.56 Å². The Balaban J connectivity index is 2.82. The number of hydrogen-bond acceptors (Lipinski definition) is 2. The maximum atomic E-state index is 11.8. The van der Waals surface area contributed by atoms with E-state index in [-0.39, 0.29) is 6.42 Å². The molecule has 0 fully saturated rings. The molecule has 1 aromatic carbocycles. The zero-order chi connectivity index (χ0) is 12.8. The maximum Gasteiger partial charge on any atom is 0.327 e. The Morgan fingerprint density at radius 3 is 2.65 bits per heavy atom. The van der Waals surface area contributed by atoms with E-state index in [1.807, 2.05) is 6.07 Å². The van der Waals surface area contributed by atoms with Crippen LogP contribution in [0.3, 0.4) is 0 Å². The summed E-state index contributed by atoms with van der Waals surface area (Å²) in [6, 6.07) is 5.90. The number of terminal acetylenes is 1. The smallest absolute Gasteiger partial charge is 0.327 e. The Bertz CT molecular complexity index is 474. The monoisotopic (exact) mass is 231 g/mol. The third-order valence-electron chi connectivity index (χ3n) is 2.32. The molecule has 88 valence electrons. The first-order valence-electron chi connectivity index (χ1n) is 5.09. The lowest BCUT2D eigenvalue weighted by Gasteiger charge is -2.12. The Kier molecular flexibility index (Phi) is 4.29. The van der Waals surface area contributed by atoms with Gasteiger partial charge in [0.2, 0.25) is 0 Å². The van der Waals surface area contributed by atoms with Crippen LogP contribution in [0, 0.1) is 19.3 Å². The highest BCUT2D eigenvalue weighted by molar-refractivity contribution is 5.97. The number of hydrogen-bond donors (Lipinski definition) is 2. The van der Waals surface area contributed by atoms with Crippen LogP contribution in [0.5, 0.6) is 0 Å². The van der Waals surface area contributed by atoms with Crippen molar-refractivity contribution in [1.82, 2.24) is 5.32 Å². The van der Waals surface area contributed by atoms with E-state index in [0.29, 0.717) is 5.56 Å². The van der Waals surface area contributed by atoms with E-state index >= 15 is 0 Å². The molecule has 0 saturated heterocycles. The van der Waals surface area contributed by atoms with Crippen molar-refractivity contribution in [3.63, 3.8) is 0 Å². The van der Waals surface area contributed by atoms with Crippen LogP contribution in [0.2, 0.25) is 0 Å². The SMILES string of the molecule is C#CCC(NC(=O)c1ccccc1C)C(=O)O. The van der Waals surface area contributed by atoms with Crippen molar-refractivity contribution in [1.29, 1.82) is 0 Å². The van der Waals surface area contributed by atoms with Gasteiger partial charge in [-0.05, 0) is 18.6 Å². The average molecular weight is 231 g/mol. The number of aliphatic carboxylic acids is 1. The van der Waals surface area contributed by atoms with E-state index in [4.69, 9.17) is 11.5 Å². The van der Waals surface area contributed by atoms with Gasteiger partial charge in [0.05, 0.1) is 0 Å². The van der Waals surface area contributed by atoms with E-state index in [1.165, 1.54) is 0 Å². The molecule has 0 saturated carbocycles. The molecule has 1 aromatic rings. The first kappa shape index (κ1) is 12.8. The highest BCUT2D eigenvalue weighted by Crippen LogP contribution is 2.07. The molecule has 1 rings (SSSR count). The molecule has 0 aromatic heterocycles. The van der Waals surface area contributed by atoms with Crippen LogP contribution in [0.4, 0.5) is 0 Å². The normalized spacial score (nSPS) is 11.3. The Morgan fingerprint density at radius 2 is 2.12 bits per heavy atom. The van der Waals surface area contributed by atoms with Gasteiger partial charge >= 0.3 is 5.97 Å². The number of carboxylic acid groups (broad SMARTS) is 1. The predicted molar refractivity (Wildman–Crippen MR) is 63.5 cm³/mol. The first-order valence-corrected chi connectivity index (χ1v) is 5.09. The summed E-state index contributed by atoms with van der Waals surface area (Å²) in [5.74, 6) is 0.665. The molecule has 0 aliphatic heterocycles. The third kappa shape index (κ3) is 3.35. The minimum atomic E-state index is -1.13. The third-order valence-corrected chi connectivity index (χ3v) is 2.32. The molecule has 0 spiro atoms. The molecular formula is C13H13NO3. The molecule has 0 aliphatic carbocycles. The second-order valence-electron chi connectivity index (χ2n) is 3.59. The molecule has 1 amide bonds. The highest BCUT2D eigenvalue weighted by Gasteiger charge is 2.20. The Morgan fingerprint density at radius 1 is 1.47 bits per heavy atom. The zero-order valence-electron chi connectivity index (χ0n) is 9.43. The fraction of sp³-hybridized carbons (Fsp3) is 0.231. The summed E-state index contributed by atoms with van der Waals surface area (Å²) in [5, 5.41) is 11.3. The lowest BCUT2D eigenvalue weighted by molar-refractivity contribution is -0.139. The van der Waals surface area contributed by atoms with Crippen LogP contribution in [0.1, 0.15) is 22.3 Å². The lowest BCUT2D eigenvalue weighted by atomic mass is 10.1. The molecule has 17 heavy (non-hydrogen) atoms. The molecule has 4 nitrogen and oxygen atoms in total. The average Bonchev–Trinajstić information content (AvgIpc) is 2.28. The summed E-state index contributed by atoms with van der Waals surface area (Å²) in [4.78, 5) is 22.6. The Labute approximate surface area is 99.7 Å². The van der Waals surface area contributed by atoms with Crippen LogP contribution >= 0.6 is 0 Å². The molecule has 0 aliphatic rings. The van der Waals surface area contributed by atoms with Crippen molar-refractivity contribution in [2.45, 2.75) is 19.4 Å². The van der Waals surface area contributed by atoms with Crippen molar-refractivity contribution >= 4 is 11.9 Å². The minimum Gasteiger partial charge on any atom is -0.480 e. The number of amides is 1. The van der Waals surface area contributed by atoms with Gasteiger partial charge in [0, 0.05) is 12.0 Å². The van der Waals surface area contributed by atoms with Gasteiger partial charge in [-0.2, -0.15) is 0 Å². The summed E-state index contributed by atoms with van der Waals surface area (Å²) in [6.45, 7) is 1.78. The fourth-order valence-electron chi connectivity index (χ4n) is 1.38. The summed E-state index contributed by atoms with van der Waals surface area (Å²) in [5.41, 5.74) is 1.24. The van der Waals surface area contributed by atoms with Crippen LogP contribution in [-0.2, 0) is 4.79 Å². The van der Waals surface area contributed by atoms with E-state index in [9.17, 15) is 9.59 Å². The van der Waals surface area contributed by atoms with Gasteiger partial charge in [-0.1, -0.05) is 18.2 Å². The van der Waals surface area contributed by atoms with Crippen LogP contribution in [0.15, 0.2) is 24.3 Å². The van der Waals surface area contributed by atoms with Crippen molar-refractivity contribution in [2.75, 3.05) is 0 Å². The van der Waals surface area contributed by atoms with Gasteiger partial charge in [-0.3, -0.25) is 4.79 Å². The van der Waals surface area contributed by atoms with Gasteiger partial charge in [0.15, 0.2) is 0 Å². The van der Waals surface area contributed by atoms with Crippen molar-refractivity contribution in [2.24, 2.45) is 0 Å². The number of benzene rings is 1. The number of carbonyl (C=O) groups excluding carboxylic acids is 1. The summed E-state index contributed by atoms with van der Waals surface area (Å²) < 4.78 is 0. The molecule has 1 unspecified atom stereocenters. The molecule has 4 heteroatoms. The maximum absolute atomic E-state index is 11.8. The molecule has 0 heterocycles. The molecular weight excluding hydrogens is 218 g/mol. The molecule has 1 atom stereocenters. The number of carboxylic acids is 1. The number of aryl methyl sites for hydroxylation is 1. The van der Waals surface area contributed by atoms with Crippen molar-refractivity contribution < 1.29 is 14.7 Å². The Hall–Kier alpha value is -2.28. The van der Waals surface area contributed by atoms with Gasteiger partial charge in [-0.15, -0.1) is 12.3 Å². The van der Waals surface area contributed by atoms with E-state index in [2.05, 4.69) is 11.2 Å². The quantitative estimate of drug-likeness (QED) is 0.765. The van der Waals surface area contributed by atoms with E-state index in [1.54, 1.807) is 25.1 Å². The topological polar surface area (TPSA) is 66.4 Å². The zero-order valence-corrected chi connectivity index (χ0v) is 9.43. The predicted octanol–water partition coefficient (Wildman–Crippen LogP) is 1.20. The first-order chi connectivity index (χ1) is 8.06. The van der Waals surface area contributed by atoms with Crippen LogP contribution in [0.25, 0.3) is 0 Å². The summed E-state index contributed by atoms with van der Waals surface area (Å²) >= 11 is 0. The van der Waals surface area contributed by atoms with Crippen molar-refractivity contribution in [3.8, 4) is 12.3 Å². The minimum absolute atomic E-state index is 0.0348. The summed E-state index contributed by atoms with van der Waals surface area (Å²) in [6.07, 6.45) is 5.01. The molecule has 0 bridgehead atoms. The number of carbonyl (C=O) groups is 2. The second kappa shape index (κ2) is 5.71. The lowest BCUT2D eigenvalue weighted by Crippen LogP contribution is -2.40. The largest absolute Gasteiger partial charge is 0.480 e. The highest BCUT2D eigenvalue weighted by atomic mass is 16.4. The summed E-state index contributed by atoms with van der Waals surface area (Å²) in [7, 11) is 0. The second-order valence-corrected chi connectivity index (χ2v) is 3.59. The van der Waals surface area contributed by atoms with E-state index < -0.39 is 17.9 Å². The van der Waals surface area contributed by atoms with Crippen LogP contribution < -0.4 is 5.32 Å². The molecule has 2 N–H and O–H groups in total. The molecule has 0 radical (unpaired) electrons. The standard InChI is InChI=1S/C13H13NO3/c1-3-6-11(13(16)17)14-12(15)10-8-5-4-7-9(10)2/h1,4-5,7-8,11H,6H2,2H3,(H,14,15)(H,16,17). The van der Waals surface area contributed by atoms with Crippen molar-refractivity contribution in [3.05, 3.63) is 35.4 Å². The van der Waals surface area contributed by atoms with Gasteiger partial charge in [0.25, 0.3) is 5.91 Å². The van der Waals surface area contributed by atoms with Crippen LogP contribution in [-0.4, -0.2) is 23.0 Å². The van der Waals surface area contributed by atoms with Gasteiger partial charge in [-0.25, -0.2) is 4.79 Å².